The molecule has 0 saturated carbocycles. The Labute approximate surface area is 161 Å². The van der Waals surface area contributed by atoms with Crippen LogP contribution in [0.25, 0.3) is 11.0 Å². The summed E-state index contributed by atoms with van der Waals surface area (Å²) in [6.45, 7) is 0.556. The molecule has 1 aliphatic heterocycles. The van der Waals surface area contributed by atoms with Crippen LogP contribution in [0.4, 0.5) is 9.18 Å². The first-order valence-electron chi connectivity index (χ1n) is 9.09. The molecule has 7 heteroatoms. The smallest absolute Gasteiger partial charge is 0.315 e. The highest BCUT2D eigenvalue weighted by atomic mass is 32.2. The number of aromatic amines is 1. The number of amides is 2. The first kappa shape index (κ1) is 17.9. The Bertz CT molecular complexity index is 925. The Kier molecular flexibility index (Phi) is 5.29. The van der Waals surface area contributed by atoms with Gasteiger partial charge in [0.25, 0.3) is 0 Å². The molecule has 2 heterocycles. The minimum atomic E-state index is -0.269. The lowest BCUT2D eigenvalue weighted by Crippen LogP contribution is -2.39. The van der Waals surface area contributed by atoms with E-state index in [0.29, 0.717) is 6.54 Å². The number of thioether (sulfide) groups is 1. The maximum atomic E-state index is 13.5. The number of hydrogen-bond donors (Lipinski definition) is 3. The Morgan fingerprint density at radius 2 is 2.19 bits per heavy atom. The molecule has 27 heavy (non-hydrogen) atoms. The van der Waals surface area contributed by atoms with Crippen molar-refractivity contribution in [1.82, 2.24) is 20.6 Å². The summed E-state index contributed by atoms with van der Waals surface area (Å²) in [5.74, 6) is 1.57. The predicted octanol–water partition coefficient (Wildman–Crippen LogP) is 4.17. The van der Waals surface area contributed by atoms with Gasteiger partial charge < -0.3 is 15.6 Å². The Morgan fingerprint density at radius 3 is 3.07 bits per heavy atom. The number of para-hydroxylation sites is 2. The standard InChI is InChI=1S/C20H21FN4OS/c21-13-7-8-18-14(12-13)15(9-11-27-18)25-20(26)22-10-3-6-19-23-16-4-1-2-5-17(16)24-19/h1-2,4-5,7-8,12,15H,3,6,9-11H2,(H,23,24)(H2,22,25,26)/t15-/m1/s1. The molecule has 0 unspecified atom stereocenters. The molecule has 1 aliphatic rings. The zero-order valence-corrected chi connectivity index (χ0v) is 15.6. The van der Waals surface area contributed by atoms with Crippen LogP contribution in [0, 0.1) is 5.82 Å². The number of aryl methyl sites for hydroxylation is 1. The maximum absolute atomic E-state index is 13.5. The van der Waals surface area contributed by atoms with E-state index in [1.165, 1.54) is 12.1 Å². The number of nitrogens with zero attached hydrogens (tertiary/aromatic N) is 1. The second kappa shape index (κ2) is 8.00. The van der Waals surface area contributed by atoms with Crippen molar-refractivity contribution in [2.24, 2.45) is 0 Å². The lowest BCUT2D eigenvalue weighted by Gasteiger charge is -2.26. The summed E-state index contributed by atoms with van der Waals surface area (Å²) in [5, 5.41) is 5.86. The van der Waals surface area contributed by atoms with E-state index in [4.69, 9.17) is 0 Å². The van der Waals surface area contributed by atoms with E-state index in [2.05, 4.69) is 20.6 Å². The summed E-state index contributed by atoms with van der Waals surface area (Å²) in [6.07, 6.45) is 2.36. The van der Waals surface area contributed by atoms with Gasteiger partial charge in [-0.1, -0.05) is 12.1 Å². The molecule has 0 radical (unpaired) electrons. The number of urea groups is 1. The van der Waals surface area contributed by atoms with Gasteiger partial charge in [-0.3, -0.25) is 0 Å². The third-order valence-corrected chi connectivity index (χ3v) is 5.75. The van der Waals surface area contributed by atoms with Crippen LogP contribution in [0.15, 0.2) is 47.4 Å². The van der Waals surface area contributed by atoms with Gasteiger partial charge in [-0.05, 0) is 48.7 Å². The molecule has 2 amide bonds. The molecule has 1 aromatic heterocycles. The molecule has 0 aliphatic carbocycles. The van der Waals surface area contributed by atoms with Gasteiger partial charge in [0.05, 0.1) is 17.1 Å². The number of carbonyl (C=O) groups excluding carboxylic acids is 1. The van der Waals surface area contributed by atoms with Gasteiger partial charge in [-0.2, -0.15) is 0 Å². The number of H-pyrrole nitrogens is 1. The van der Waals surface area contributed by atoms with Crippen molar-refractivity contribution in [3.8, 4) is 0 Å². The highest BCUT2D eigenvalue weighted by Gasteiger charge is 2.22. The molecule has 140 valence electrons. The average molecular weight is 384 g/mol. The maximum Gasteiger partial charge on any atom is 0.315 e. The summed E-state index contributed by atoms with van der Waals surface area (Å²) < 4.78 is 13.5. The molecule has 3 aromatic rings. The van der Waals surface area contributed by atoms with Crippen LogP contribution in [-0.4, -0.2) is 28.3 Å². The van der Waals surface area contributed by atoms with Crippen LogP contribution in [0.5, 0.6) is 0 Å². The average Bonchev–Trinajstić information content (AvgIpc) is 3.08. The molecule has 0 fully saturated rings. The van der Waals surface area contributed by atoms with Crippen molar-refractivity contribution in [3.05, 3.63) is 59.7 Å². The van der Waals surface area contributed by atoms with Gasteiger partial charge in [0, 0.05) is 23.6 Å². The number of imidazole rings is 1. The Balaban J connectivity index is 1.26. The van der Waals surface area contributed by atoms with Crippen LogP contribution in [-0.2, 0) is 6.42 Å². The molecular formula is C20H21FN4OS. The number of nitrogens with one attached hydrogen (secondary N) is 3. The molecule has 1 atom stereocenters. The SMILES string of the molecule is O=C(NCCCc1nc2ccccc2[nH]1)N[C@@H]1CCSc2ccc(F)cc21. The van der Waals surface area contributed by atoms with Crippen molar-refractivity contribution >= 4 is 28.8 Å². The molecule has 0 bridgehead atoms. The number of benzene rings is 2. The van der Waals surface area contributed by atoms with Gasteiger partial charge in [0.15, 0.2) is 0 Å². The lowest BCUT2D eigenvalue weighted by molar-refractivity contribution is 0.236. The van der Waals surface area contributed by atoms with Gasteiger partial charge in [0.2, 0.25) is 0 Å². The van der Waals surface area contributed by atoms with Crippen LogP contribution in [0.1, 0.15) is 30.3 Å². The highest BCUT2D eigenvalue weighted by molar-refractivity contribution is 7.99. The van der Waals surface area contributed by atoms with Crippen molar-refractivity contribution in [2.45, 2.75) is 30.2 Å². The first-order valence-corrected chi connectivity index (χ1v) is 10.1. The Hall–Kier alpha value is -2.54. The summed E-state index contributed by atoms with van der Waals surface area (Å²) in [6, 6.07) is 12.3. The molecule has 5 nitrogen and oxygen atoms in total. The molecule has 3 N–H and O–H groups in total. The van der Waals surface area contributed by atoms with E-state index < -0.39 is 0 Å². The van der Waals surface area contributed by atoms with Crippen LogP contribution in [0.3, 0.4) is 0 Å². The molecule has 4 rings (SSSR count). The number of carbonyl (C=O) groups is 1. The third-order valence-electron chi connectivity index (χ3n) is 4.63. The van der Waals surface area contributed by atoms with Crippen LogP contribution < -0.4 is 10.6 Å². The van der Waals surface area contributed by atoms with Crippen molar-refractivity contribution in [3.63, 3.8) is 0 Å². The molecule has 0 spiro atoms. The molecular weight excluding hydrogens is 363 g/mol. The number of fused-ring (bicyclic) bond motifs is 2. The van der Waals surface area contributed by atoms with E-state index in [1.54, 1.807) is 17.8 Å². The monoisotopic (exact) mass is 384 g/mol. The molecule has 2 aromatic carbocycles. The molecule has 0 saturated heterocycles. The minimum Gasteiger partial charge on any atom is -0.342 e. The largest absolute Gasteiger partial charge is 0.342 e. The third kappa shape index (κ3) is 4.24. The lowest BCUT2D eigenvalue weighted by atomic mass is 10.0. The van der Waals surface area contributed by atoms with Gasteiger partial charge in [-0.15, -0.1) is 11.8 Å². The van der Waals surface area contributed by atoms with Gasteiger partial charge in [-0.25, -0.2) is 14.2 Å². The first-order chi connectivity index (χ1) is 13.2. The fourth-order valence-corrected chi connectivity index (χ4v) is 4.41. The topological polar surface area (TPSA) is 69.8 Å². The van der Waals surface area contributed by atoms with Crippen molar-refractivity contribution in [2.75, 3.05) is 12.3 Å². The normalized spacial score (nSPS) is 16.1. The highest BCUT2D eigenvalue weighted by Crippen LogP contribution is 2.36. The van der Waals surface area contributed by atoms with E-state index in [-0.39, 0.29) is 17.9 Å². The summed E-state index contributed by atoms with van der Waals surface area (Å²) in [4.78, 5) is 21.1. The van der Waals surface area contributed by atoms with Crippen molar-refractivity contribution in [1.29, 1.82) is 0 Å². The number of rotatable bonds is 5. The fourth-order valence-electron chi connectivity index (χ4n) is 3.31. The minimum absolute atomic E-state index is 0.146. The van der Waals surface area contributed by atoms with Crippen LogP contribution in [0.2, 0.25) is 0 Å². The summed E-state index contributed by atoms with van der Waals surface area (Å²) >= 11 is 1.70. The summed E-state index contributed by atoms with van der Waals surface area (Å²) in [7, 11) is 0. The van der Waals surface area contributed by atoms with Crippen molar-refractivity contribution < 1.29 is 9.18 Å². The second-order valence-electron chi connectivity index (χ2n) is 6.58. The predicted molar refractivity (Wildman–Crippen MR) is 105 cm³/mol. The fraction of sp³-hybridized carbons (Fsp3) is 0.300. The van der Waals surface area contributed by atoms with Gasteiger partial charge in [0.1, 0.15) is 11.6 Å². The quantitative estimate of drug-likeness (QED) is 0.578. The number of hydrogen-bond acceptors (Lipinski definition) is 3. The van der Waals surface area contributed by atoms with Crippen LogP contribution >= 0.6 is 11.8 Å². The van der Waals surface area contributed by atoms with Gasteiger partial charge >= 0.3 is 6.03 Å². The van der Waals surface area contributed by atoms with E-state index in [0.717, 1.165) is 52.3 Å². The summed E-state index contributed by atoms with van der Waals surface area (Å²) in [5.41, 5.74) is 2.85. The Morgan fingerprint density at radius 1 is 1.30 bits per heavy atom. The second-order valence-corrected chi connectivity index (χ2v) is 7.71. The zero-order valence-electron chi connectivity index (χ0n) is 14.8. The van der Waals surface area contributed by atoms with E-state index in [9.17, 15) is 9.18 Å². The van der Waals surface area contributed by atoms with E-state index in [1.807, 2.05) is 24.3 Å². The zero-order chi connectivity index (χ0) is 18.6. The number of halogens is 1. The van der Waals surface area contributed by atoms with E-state index >= 15 is 0 Å². The number of aromatic nitrogens is 2.